The summed E-state index contributed by atoms with van der Waals surface area (Å²) in [6.45, 7) is 4.77. The van der Waals surface area contributed by atoms with E-state index in [1.54, 1.807) is 11.3 Å². The van der Waals surface area contributed by atoms with Crippen LogP contribution in [0.1, 0.15) is 36.4 Å². The van der Waals surface area contributed by atoms with Crippen LogP contribution in [0.2, 0.25) is 0 Å². The summed E-state index contributed by atoms with van der Waals surface area (Å²) in [6.07, 6.45) is 3.91. The normalized spacial score (nSPS) is 22.9. The summed E-state index contributed by atoms with van der Waals surface area (Å²) in [5.41, 5.74) is 1.16. The van der Waals surface area contributed by atoms with Gasteiger partial charge in [-0.3, -0.25) is 4.79 Å². The third kappa shape index (κ3) is 2.06. The molecule has 3 heterocycles. The molecule has 1 amide bonds. The standard InChI is InChI=1S/C13H19N3OS/c1-10-15-11(9-18-10)8-16-12(17)2-3-13(16)4-6-14-7-5-13/h9,14H,2-8H2,1H3. The van der Waals surface area contributed by atoms with Gasteiger partial charge in [0.05, 0.1) is 17.2 Å². The summed E-state index contributed by atoms with van der Waals surface area (Å²) in [5.74, 6) is 0.308. The number of piperidine rings is 1. The maximum atomic E-state index is 12.1. The van der Waals surface area contributed by atoms with E-state index in [2.05, 4.69) is 20.6 Å². The molecular weight excluding hydrogens is 246 g/mol. The van der Waals surface area contributed by atoms with Gasteiger partial charge in [0, 0.05) is 17.3 Å². The molecule has 0 unspecified atom stereocenters. The number of hydrogen-bond acceptors (Lipinski definition) is 4. The molecule has 0 radical (unpaired) electrons. The molecule has 1 aromatic heterocycles. The Labute approximate surface area is 111 Å². The number of aryl methyl sites for hydroxylation is 1. The highest BCUT2D eigenvalue weighted by atomic mass is 32.1. The molecule has 0 aliphatic carbocycles. The fourth-order valence-corrected chi connectivity index (χ4v) is 3.79. The van der Waals surface area contributed by atoms with Crippen LogP contribution in [0.3, 0.4) is 0 Å². The molecule has 1 aromatic rings. The van der Waals surface area contributed by atoms with Gasteiger partial charge in [0.1, 0.15) is 0 Å². The molecule has 1 spiro atoms. The van der Waals surface area contributed by atoms with E-state index in [0.717, 1.165) is 43.1 Å². The Balaban J connectivity index is 1.81. The number of carbonyl (C=O) groups excluding carboxylic acids is 1. The molecule has 0 atom stereocenters. The van der Waals surface area contributed by atoms with E-state index in [9.17, 15) is 4.79 Å². The number of nitrogens with one attached hydrogen (secondary N) is 1. The Morgan fingerprint density at radius 2 is 2.22 bits per heavy atom. The van der Waals surface area contributed by atoms with Gasteiger partial charge in [-0.1, -0.05) is 0 Å². The number of aromatic nitrogens is 1. The number of amides is 1. The van der Waals surface area contributed by atoms with Crippen molar-refractivity contribution in [2.45, 2.75) is 44.7 Å². The maximum Gasteiger partial charge on any atom is 0.223 e. The quantitative estimate of drug-likeness (QED) is 0.885. The van der Waals surface area contributed by atoms with E-state index >= 15 is 0 Å². The lowest BCUT2D eigenvalue weighted by atomic mass is 9.86. The highest BCUT2D eigenvalue weighted by Gasteiger charge is 2.45. The smallest absolute Gasteiger partial charge is 0.223 e. The molecule has 4 nitrogen and oxygen atoms in total. The fourth-order valence-electron chi connectivity index (χ4n) is 3.18. The van der Waals surface area contributed by atoms with Crippen molar-refractivity contribution in [3.05, 3.63) is 16.1 Å². The lowest BCUT2D eigenvalue weighted by Gasteiger charge is -2.41. The van der Waals surface area contributed by atoms with Gasteiger partial charge in [0.2, 0.25) is 5.91 Å². The predicted molar refractivity (Wildman–Crippen MR) is 71.5 cm³/mol. The van der Waals surface area contributed by atoms with Crippen molar-refractivity contribution in [1.29, 1.82) is 0 Å². The van der Waals surface area contributed by atoms with Crippen molar-refractivity contribution in [2.75, 3.05) is 13.1 Å². The Bertz CT molecular complexity index is 451. The van der Waals surface area contributed by atoms with E-state index in [1.807, 2.05) is 6.92 Å². The lowest BCUT2D eigenvalue weighted by Crippen LogP contribution is -2.51. The zero-order valence-corrected chi connectivity index (χ0v) is 11.6. The molecule has 2 aliphatic rings. The highest BCUT2D eigenvalue weighted by Crippen LogP contribution is 2.38. The SMILES string of the molecule is Cc1nc(CN2C(=O)CCC23CCNCC3)cs1. The Hall–Kier alpha value is -0.940. The minimum absolute atomic E-state index is 0.111. The largest absolute Gasteiger partial charge is 0.331 e. The van der Waals surface area contributed by atoms with Gasteiger partial charge in [-0.15, -0.1) is 11.3 Å². The fraction of sp³-hybridized carbons (Fsp3) is 0.692. The monoisotopic (exact) mass is 265 g/mol. The molecular formula is C13H19N3OS. The summed E-state index contributed by atoms with van der Waals surface area (Å²) >= 11 is 1.66. The molecule has 2 aliphatic heterocycles. The van der Waals surface area contributed by atoms with E-state index in [4.69, 9.17) is 0 Å². The van der Waals surface area contributed by atoms with E-state index < -0.39 is 0 Å². The summed E-state index contributed by atoms with van der Waals surface area (Å²) in [5, 5.41) is 6.55. The number of nitrogens with zero attached hydrogens (tertiary/aromatic N) is 2. The Morgan fingerprint density at radius 3 is 2.89 bits per heavy atom. The third-order valence-corrected chi connectivity index (χ3v) is 5.02. The molecule has 0 aromatic carbocycles. The van der Waals surface area contributed by atoms with Gasteiger partial charge < -0.3 is 10.2 Å². The van der Waals surface area contributed by atoms with Crippen molar-refractivity contribution in [1.82, 2.24) is 15.2 Å². The number of thiazole rings is 1. The van der Waals surface area contributed by atoms with Gasteiger partial charge in [0.15, 0.2) is 0 Å². The first kappa shape index (κ1) is 12.1. The van der Waals surface area contributed by atoms with E-state index in [0.29, 0.717) is 18.9 Å². The van der Waals surface area contributed by atoms with Crippen LogP contribution in [0, 0.1) is 6.92 Å². The van der Waals surface area contributed by atoms with Crippen molar-refractivity contribution in [3.63, 3.8) is 0 Å². The molecule has 98 valence electrons. The molecule has 18 heavy (non-hydrogen) atoms. The summed E-state index contributed by atoms with van der Waals surface area (Å²) in [4.78, 5) is 18.7. The first-order chi connectivity index (χ1) is 8.70. The van der Waals surface area contributed by atoms with E-state index in [-0.39, 0.29) is 5.54 Å². The van der Waals surface area contributed by atoms with Crippen molar-refractivity contribution >= 4 is 17.2 Å². The second-order valence-electron chi connectivity index (χ2n) is 5.31. The van der Waals surface area contributed by atoms with Crippen LogP contribution in [0.15, 0.2) is 5.38 Å². The number of rotatable bonds is 2. The number of likely N-dealkylation sites (tertiary alicyclic amines) is 1. The van der Waals surface area contributed by atoms with Crippen LogP contribution in [-0.4, -0.2) is 34.4 Å². The van der Waals surface area contributed by atoms with Crippen molar-refractivity contribution < 1.29 is 4.79 Å². The van der Waals surface area contributed by atoms with E-state index in [1.165, 1.54) is 0 Å². The lowest BCUT2D eigenvalue weighted by molar-refractivity contribution is -0.132. The minimum atomic E-state index is 0.111. The molecule has 2 fully saturated rings. The van der Waals surface area contributed by atoms with Crippen LogP contribution in [-0.2, 0) is 11.3 Å². The molecule has 3 rings (SSSR count). The topological polar surface area (TPSA) is 45.2 Å². The summed E-state index contributed by atoms with van der Waals surface area (Å²) < 4.78 is 0. The zero-order valence-electron chi connectivity index (χ0n) is 10.7. The van der Waals surface area contributed by atoms with Gasteiger partial charge in [0.25, 0.3) is 0 Å². The second-order valence-corrected chi connectivity index (χ2v) is 6.37. The Morgan fingerprint density at radius 1 is 1.44 bits per heavy atom. The summed E-state index contributed by atoms with van der Waals surface area (Å²) in [7, 11) is 0. The highest BCUT2D eigenvalue weighted by molar-refractivity contribution is 7.09. The van der Waals surface area contributed by atoms with Crippen molar-refractivity contribution in [3.8, 4) is 0 Å². The average Bonchev–Trinajstić information content (AvgIpc) is 2.91. The van der Waals surface area contributed by atoms with Crippen LogP contribution in [0.4, 0.5) is 0 Å². The minimum Gasteiger partial charge on any atom is -0.331 e. The molecule has 1 N–H and O–H groups in total. The van der Waals surface area contributed by atoms with Gasteiger partial charge >= 0.3 is 0 Å². The van der Waals surface area contributed by atoms with Crippen LogP contribution in [0.25, 0.3) is 0 Å². The van der Waals surface area contributed by atoms with Gasteiger partial charge in [-0.2, -0.15) is 0 Å². The molecule has 5 heteroatoms. The molecule has 0 saturated carbocycles. The predicted octanol–water partition coefficient (Wildman–Crippen LogP) is 1.70. The van der Waals surface area contributed by atoms with Crippen LogP contribution < -0.4 is 5.32 Å². The first-order valence-corrected chi connectivity index (χ1v) is 7.50. The van der Waals surface area contributed by atoms with Gasteiger partial charge in [-0.25, -0.2) is 4.98 Å². The van der Waals surface area contributed by atoms with Gasteiger partial charge in [-0.05, 0) is 39.3 Å². The Kier molecular flexibility index (Phi) is 3.11. The van der Waals surface area contributed by atoms with Crippen LogP contribution in [0.5, 0.6) is 0 Å². The third-order valence-electron chi connectivity index (χ3n) is 4.20. The molecule has 2 saturated heterocycles. The number of carbonyl (C=O) groups is 1. The number of hydrogen-bond donors (Lipinski definition) is 1. The maximum absolute atomic E-state index is 12.1. The zero-order chi connectivity index (χ0) is 12.6. The second kappa shape index (κ2) is 4.63. The summed E-state index contributed by atoms with van der Waals surface area (Å²) in [6, 6.07) is 0. The van der Waals surface area contributed by atoms with Crippen LogP contribution >= 0.6 is 11.3 Å². The first-order valence-electron chi connectivity index (χ1n) is 6.62. The van der Waals surface area contributed by atoms with Crippen molar-refractivity contribution in [2.24, 2.45) is 0 Å². The molecule has 0 bridgehead atoms. The average molecular weight is 265 g/mol.